The van der Waals surface area contributed by atoms with E-state index in [2.05, 4.69) is 16.8 Å². The number of nitrogens with zero attached hydrogens (tertiary/aromatic N) is 2. The van der Waals surface area contributed by atoms with E-state index in [1.54, 1.807) is 0 Å². The van der Waals surface area contributed by atoms with E-state index in [0.29, 0.717) is 6.79 Å². The molecule has 19 heavy (non-hydrogen) atoms. The summed E-state index contributed by atoms with van der Waals surface area (Å²) in [6.07, 6.45) is 1.83. The van der Waals surface area contributed by atoms with Crippen LogP contribution < -0.4 is 20.1 Å². The van der Waals surface area contributed by atoms with Gasteiger partial charge in [-0.1, -0.05) is 0 Å². The van der Waals surface area contributed by atoms with Crippen LogP contribution in [0.3, 0.4) is 0 Å². The fourth-order valence-corrected chi connectivity index (χ4v) is 2.77. The van der Waals surface area contributed by atoms with Crippen molar-refractivity contribution < 1.29 is 9.47 Å². The van der Waals surface area contributed by atoms with Crippen LogP contribution in [-0.4, -0.2) is 30.4 Å². The van der Waals surface area contributed by atoms with Gasteiger partial charge in [-0.15, -0.1) is 0 Å². The molecule has 1 saturated heterocycles. The Labute approximate surface area is 110 Å². The van der Waals surface area contributed by atoms with Crippen molar-refractivity contribution in [2.24, 2.45) is 5.73 Å². The molecule has 0 unspecified atom stereocenters. The van der Waals surface area contributed by atoms with Gasteiger partial charge in [-0.25, -0.2) is 4.98 Å². The number of hydrogen-bond acceptors (Lipinski definition) is 5. The molecule has 0 aliphatic carbocycles. The van der Waals surface area contributed by atoms with Crippen LogP contribution in [0.25, 0.3) is 10.8 Å². The van der Waals surface area contributed by atoms with Crippen LogP contribution in [0.4, 0.5) is 5.82 Å². The lowest BCUT2D eigenvalue weighted by Gasteiger charge is -2.46. The van der Waals surface area contributed by atoms with Crippen LogP contribution in [0.15, 0.2) is 24.4 Å². The van der Waals surface area contributed by atoms with Crippen LogP contribution in [0.1, 0.15) is 6.92 Å². The van der Waals surface area contributed by atoms with Gasteiger partial charge in [-0.3, -0.25) is 0 Å². The zero-order valence-electron chi connectivity index (χ0n) is 10.7. The first-order valence-electron chi connectivity index (χ1n) is 6.35. The van der Waals surface area contributed by atoms with Crippen LogP contribution in [0, 0.1) is 0 Å². The first kappa shape index (κ1) is 10.9. The van der Waals surface area contributed by atoms with E-state index in [0.717, 1.165) is 41.2 Å². The number of fused-ring (bicyclic) bond motifs is 2. The number of benzene rings is 1. The number of ether oxygens (including phenoxy) is 2. The Morgan fingerprint density at radius 1 is 1.26 bits per heavy atom. The SMILES string of the molecule is CC1(N)CN(c2nccc3cc4c(cc23)OCO4)C1. The van der Waals surface area contributed by atoms with Crippen LogP contribution in [0.2, 0.25) is 0 Å². The van der Waals surface area contributed by atoms with E-state index in [4.69, 9.17) is 15.2 Å². The lowest BCUT2D eigenvalue weighted by molar-refractivity contribution is 0.174. The molecule has 0 atom stereocenters. The molecule has 0 bridgehead atoms. The smallest absolute Gasteiger partial charge is 0.231 e. The van der Waals surface area contributed by atoms with E-state index in [1.165, 1.54) is 0 Å². The summed E-state index contributed by atoms with van der Waals surface area (Å²) in [5.41, 5.74) is 5.96. The molecule has 1 aromatic heterocycles. The predicted octanol–water partition coefficient (Wildman–Crippen LogP) is 1.50. The average Bonchev–Trinajstić information content (AvgIpc) is 2.79. The van der Waals surface area contributed by atoms with Crippen molar-refractivity contribution >= 4 is 16.6 Å². The highest BCUT2D eigenvalue weighted by atomic mass is 16.7. The summed E-state index contributed by atoms with van der Waals surface area (Å²) in [5, 5.41) is 2.20. The lowest BCUT2D eigenvalue weighted by Crippen LogP contribution is -2.65. The molecule has 2 aromatic rings. The molecule has 2 aliphatic heterocycles. The highest BCUT2D eigenvalue weighted by Gasteiger charge is 2.36. The van der Waals surface area contributed by atoms with Crippen LogP contribution in [-0.2, 0) is 0 Å². The van der Waals surface area contributed by atoms with E-state index >= 15 is 0 Å². The standard InChI is InChI=1S/C14H15N3O2/c1-14(15)6-17(7-14)13-10-5-12-11(18-8-19-12)4-9(10)2-3-16-13/h2-5H,6-8,15H2,1H3. The van der Waals surface area contributed by atoms with Gasteiger partial charge < -0.3 is 20.1 Å². The van der Waals surface area contributed by atoms with Crippen molar-refractivity contribution in [3.63, 3.8) is 0 Å². The Bertz CT molecular complexity index is 661. The summed E-state index contributed by atoms with van der Waals surface area (Å²) in [6, 6.07) is 6.00. The fourth-order valence-electron chi connectivity index (χ4n) is 2.77. The first-order valence-corrected chi connectivity index (χ1v) is 6.35. The van der Waals surface area contributed by atoms with Gasteiger partial charge in [0, 0.05) is 30.2 Å². The second kappa shape index (κ2) is 3.51. The molecular weight excluding hydrogens is 242 g/mol. The molecule has 1 aromatic carbocycles. The van der Waals surface area contributed by atoms with Crippen molar-refractivity contribution in [3.8, 4) is 11.5 Å². The third kappa shape index (κ3) is 1.62. The Balaban J connectivity index is 1.83. The highest BCUT2D eigenvalue weighted by Crippen LogP contribution is 2.39. The molecule has 0 spiro atoms. The lowest BCUT2D eigenvalue weighted by atomic mass is 9.93. The summed E-state index contributed by atoms with van der Waals surface area (Å²) >= 11 is 0. The Morgan fingerprint density at radius 3 is 2.74 bits per heavy atom. The molecule has 0 saturated carbocycles. The third-order valence-corrected chi connectivity index (χ3v) is 3.64. The monoisotopic (exact) mass is 257 g/mol. The minimum Gasteiger partial charge on any atom is -0.454 e. The largest absolute Gasteiger partial charge is 0.454 e. The maximum Gasteiger partial charge on any atom is 0.231 e. The molecule has 1 fully saturated rings. The van der Waals surface area contributed by atoms with Crippen molar-refractivity contribution in [3.05, 3.63) is 24.4 Å². The van der Waals surface area contributed by atoms with Crippen molar-refractivity contribution in [2.45, 2.75) is 12.5 Å². The predicted molar refractivity (Wildman–Crippen MR) is 72.7 cm³/mol. The zero-order valence-corrected chi connectivity index (χ0v) is 10.7. The maximum atomic E-state index is 6.07. The molecule has 5 heteroatoms. The maximum absolute atomic E-state index is 6.07. The first-order chi connectivity index (χ1) is 9.12. The molecule has 0 radical (unpaired) electrons. The van der Waals surface area contributed by atoms with Gasteiger partial charge in [0.15, 0.2) is 11.5 Å². The Hall–Kier alpha value is -2.01. The molecular formula is C14H15N3O2. The molecule has 3 heterocycles. The number of pyridine rings is 1. The second-order valence-corrected chi connectivity index (χ2v) is 5.57. The second-order valence-electron chi connectivity index (χ2n) is 5.57. The molecule has 2 aliphatic rings. The number of aromatic nitrogens is 1. The van der Waals surface area contributed by atoms with E-state index in [-0.39, 0.29) is 5.54 Å². The van der Waals surface area contributed by atoms with Gasteiger partial charge in [-0.05, 0) is 30.5 Å². The van der Waals surface area contributed by atoms with Gasteiger partial charge in [0.25, 0.3) is 0 Å². The minimum absolute atomic E-state index is 0.111. The normalized spacial score (nSPS) is 19.6. The minimum atomic E-state index is -0.111. The van der Waals surface area contributed by atoms with Gasteiger partial charge in [0.2, 0.25) is 6.79 Å². The summed E-state index contributed by atoms with van der Waals surface area (Å²) in [4.78, 5) is 6.69. The summed E-state index contributed by atoms with van der Waals surface area (Å²) in [5.74, 6) is 2.56. The summed E-state index contributed by atoms with van der Waals surface area (Å²) in [7, 11) is 0. The fraction of sp³-hybridized carbons (Fsp3) is 0.357. The quantitative estimate of drug-likeness (QED) is 0.839. The van der Waals surface area contributed by atoms with E-state index in [9.17, 15) is 0 Å². The van der Waals surface area contributed by atoms with Gasteiger partial charge >= 0.3 is 0 Å². The van der Waals surface area contributed by atoms with Crippen molar-refractivity contribution in [1.29, 1.82) is 0 Å². The van der Waals surface area contributed by atoms with Crippen molar-refractivity contribution in [2.75, 3.05) is 24.8 Å². The van der Waals surface area contributed by atoms with Crippen LogP contribution in [0.5, 0.6) is 11.5 Å². The number of hydrogen-bond donors (Lipinski definition) is 1. The molecule has 5 nitrogen and oxygen atoms in total. The highest BCUT2D eigenvalue weighted by molar-refractivity contribution is 5.95. The zero-order chi connectivity index (χ0) is 13.0. The average molecular weight is 257 g/mol. The van der Waals surface area contributed by atoms with Gasteiger partial charge in [-0.2, -0.15) is 0 Å². The van der Waals surface area contributed by atoms with Gasteiger partial charge in [0.05, 0.1) is 0 Å². The van der Waals surface area contributed by atoms with Crippen molar-refractivity contribution in [1.82, 2.24) is 4.98 Å². The number of anilines is 1. The van der Waals surface area contributed by atoms with Crippen LogP contribution >= 0.6 is 0 Å². The topological polar surface area (TPSA) is 60.6 Å². The molecule has 4 rings (SSSR count). The summed E-state index contributed by atoms with van der Waals surface area (Å²) in [6.45, 7) is 4.00. The summed E-state index contributed by atoms with van der Waals surface area (Å²) < 4.78 is 10.8. The number of rotatable bonds is 1. The Kier molecular flexibility index (Phi) is 2.01. The van der Waals surface area contributed by atoms with Gasteiger partial charge in [0.1, 0.15) is 5.82 Å². The molecule has 2 N–H and O–H groups in total. The van der Waals surface area contributed by atoms with E-state index < -0.39 is 0 Å². The third-order valence-electron chi connectivity index (χ3n) is 3.64. The molecule has 0 amide bonds. The Morgan fingerprint density at radius 2 is 2.00 bits per heavy atom. The van der Waals surface area contributed by atoms with E-state index in [1.807, 2.05) is 24.4 Å². The molecule has 98 valence electrons. The number of nitrogens with two attached hydrogens (primary N) is 1.